The number of ether oxygens (including phenoxy) is 1. The average Bonchev–Trinajstić information content (AvgIpc) is 2.50. The van der Waals surface area contributed by atoms with Crippen molar-refractivity contribution in [2.45, 2.75) is 26.3 Å². The van der Waals surface area contributed by atoms with Crippen LogP contribution in [-0.4, -0.2) is 17.3 Å². The Morgan fingerprint density at radius 1 is 1.33 bits per heavy atom. The first kappa shape index (κ1) is 15.3. The first-order valence-corrected chi connectivity index (χ1v) is 6.74. The van der Waals surface area contributed by atoms with E-state index in [0.717, 1.165) is 17.0 Å². The quantitative estimate of drug-likeness (QED) is 0.651. The fourth-order valence-electron chi connectivity index (χ4n) is 2.31. The monoisotopic (exact) mass is 290 g/mol. The highest BCUT2D eigenvalue weighted by Crippen LogP contribution is 2.30. The molecule has 5 nitrogen and oxygen atoms in total. The van der Waals surface area contributed by atoms with Crippen LogP contribution in [0.5, 0.6) is 5.75 Å². The van der Waals surface area contributed by atoms with Crippen LogP contribution in [-0.2, 0) is 6.42 Å². The molecule has 1 aromatic heterocycles. The van der Waals surface area contributed by atoms with Crippen molar-refractivity contribution in [3.63, 3.8) is 0 Å². The molecule has 0 radical (unpaired) electrons. The zero-order chi connectivity index (χ0) is 15.4. The molecule has 0 bridgehead atoms. The highest BCUT2D eigenvalue weighted by Gasteiger charge is 2.22. The molecule has 1 heterocycles. The van der Waals surface area contributed by atoms with E-state index in [1.165, 1.54) is 7.11 Å². The van der Waals surface area contributed by atoms with Gasteiger partial charge < -0.3 is 4.74 Å². The van der Waals surface area contributed by atoms with Gasteiger partial charge in [0.05, 0.1) is 24.5 Å². The number of hydrogen-bond donors (Lipinski definition) is 2. The van der Waals surface area contributed by atoms with Crippen LogP contribution < -0.4 is 16.0 Å². The lowest BCUT2D eigenvalue weighted by atomic mass is 9.96. The summed E-state index contributed by atoms with van der Waals surface area (Å²) in [6.07, 6.45) is 0.687. The number of benzene rings is 1. The van der Waals surface area contributed by atoms with Gasteiger partial charge in [-0.05, 0) is 25.5 Å². The molecule has 1 aromatic carbocycles. The summed E-state index contributed by atoms with van der Waals surface area (Å²) in [5, 5.41) is 8.20. The molecular weight excluding hydrogens is 271 g/mol. The van der Waals surface area contributed by atoms with Gasteiger partial charge in [0.15, 0.2) is 11.6 Å². The number of nitrogens with two attached hydrogens (primary N) is 1. The van der Waals surface area contributed by atoms with E-state index in [-0.39, 0.29) is 5.75 Å². The molecule has 21 heavy (non-hydrogen) atoms. The Labute approximate surface area is 123 Å². The Morgan fingerprint density at radius 3 is 2.71 bits per heavy atom. The Morgan fingerprint density at radius 2 is 2.10 bits per heavy atom. The van der Waals surface area contributed by atoms with Crippen LogP contribution in [0.25, 0.3) is 0 Å². The third-order valence-electron chi connectivity index (χ3n) is 3.36. The van der Waals surface area contributed by atoms with Crippen LogP contribution in [0.15, 0.2) is 24.3 Å². The van der Waals surface area contributed by atoms with Crippen LogP contribution in [0.2, 0.25) is 0 Å². The van der Waals surface area contributed by atoms with Crippen molar-refractivity contribution in [1.82, 2.24) is 15.6 Å². The van der Waals surface area contributed by atoms with E-state index in [1.807, 2.05) is 19.9 Å². The van der Waals surface area contributed by atoms with Crippen molar-refractivity contribution in [2.24, 2.45) is 5.84 Å². The van der Waals surface area contributed by atoms with E-state index in [1.54, 1.807) is 18.2 Å². The van der Waals surface area contributed by atoms with Crippen LogP contribution in [0, 0.1) is 12.7 Å². The number of aryl methyl sites for hydroxylation is 2. The van der Waals surface area contributed by atoms with Crippen molar-refractivity contribution in [1.29, 1.82) is 0 Å². The van der Waals surface area contributed by atoms with Gasteiger partial charge >= 0.3 is 0 Å². The lowest BCUT2D eigenvalue weighted by Crippen LogP contribution is -2.31. The number of methoxy groups -OCH3 is 1. The third-order valence-corrected chi connectivity index (χ3v) is 3.36. The number of halogens is 1. The molecule has 3 N–H and O–H groups in total. The van der Waals surface area contributed by atoms with Crippen molar-refractivity contribution in [3.05, 3.63) is 52.6 Å². The second kappa shape index (κ2) is 6.60. The summed E-state index contributed by atoms with van der Waals surface area (Å²) in [4.78, 5) is 0. The van der Waals surface area contributed by atoms with Crippen molar-refractivity contribution in [2.75, 3.05) is 7.11 Å². The molecule has 0 aliphatic rings. The molecule has 2 aromatic rings. The summed E-state index contributed by atoms with van der Waals surface area (Å²) < 4.78 is 19.5. The van der Waals surface area contributed by atoms with Gasteiger partial charge in [0.25, 0.3) is 0 Å². The highest BCUT2D eigenvalue weighted by molar-refractivity contribution is 5.40. The van der Waals surface area contributed by atoms with Crippen LogP contribution in [0.3, 0.4) is 0 Å². The van der Waals surface area contributed by atoms with Gasteiger partial charge in [0.2, 0.25) is 0 Å². The lowest BCUT2D eigenvalue weighted by Gasteiger charge is -2.20. The van der Waals surface area contributed by atoms with E-state index in [0.29, 0.717) is 12.0 Å². The Bertz CT molecular complexity index is 633. The number of hydrazine groups is 1. The molecular formula is C15H19FN4O. The fraction of sp³-hybridized carbons (Fsp3) is 0.333. The Hall–Kier alpha value is -2.05. The topological polar surface area (TPSA) is 73.1 Å². The first-order chi connectivity index (χ1) is 10.1. The number of nitrogens with zero attached hydrogens (tertiary/aromatic N) is 2. The maximum atomic E-state index is 14.5. The molecule has 1 atom stereocenters. The zero-order valence-electron chi connectivity index (χ0n) is 12.4. The van der Waals surface area contributed by atoms with Crippen LogP contribution in [0.1, 0.15) is 35.5 Å². The highest BCUT2D eigenvalue weighted by atomic mass is 19.1. The molecule has 2 rings (SSSR count). The summed E-state index contributed by atoms with van der Waals surface area (Å²) in [5.74, 6) is 5.42. The largest absolute Gasteiger partial charge is 0.494 e. The first-order valence-electron chi connectivity index (χ1n) is 6.74. The maximum absolute atomic E-state index is 14.5. The molecule has 0 fully saturated rings. The predicted octanol–water partition coefficient (Wildman–Crippen LogP) is 2.05. The molecule has 1 unspecified atom stereocenters. The van der Waals surface area contributed by atoms with Crippen LogP contribution >= 0.6 is 0 Å². The zero-order valence-corrected chi connectivity index (χ0v) is 12.4. The van der Waals surface area contributed by atoms with Gasteiger partial charge in [0.1, 0.15) is 0 Å². The molecule has 0 saturated carbocycles. The second-order valence-corrected chi connectivity index (χ2v) is 4.70. The van der Waals surface area contributed by atoms with E-state index >= 15 is 0 Å². The molecule has 0 amide bonds. The van der Waals surface area contributed by atoms with E-state index in [4.69, 9.17) is 10.6 Å². The maximum Gasteiger partial charge on any atom is 0.170 e. The fourth-order valence-corrected chi connectivity index (χ4v) is 2.31. The number of hydrogen-bond acceptors (Lipinski definition) is 5. The van der Waals surface area contributed by atoms with Gasteiger partial charge in [0, 0.05) is 11.1 Å². The summed E-state index contributed by atoms with van der Waals surface area (Å²) in [5.41, 5.74) is 5.44. The third kappa shape index (κ3) is 3.01. The van der Waals surface area contributed by atoms with Crippen molar-refractivity contribution in [3.8, 4) is 5.75 Å². The number of rotatable bonds is 5. The van der Waals surface area contributed by atoms with Gasteiger partial charge in [-0.1, -0.05) is 19.1 Å². The normalized spacial score (nSPS) is 12.2. The van der Waals surface area contributed by atoms with Crippen molar-refractivity contribution >= 4 is 0 Å². The number of nitrogens with one attached hydrogen (secondary N) is 1. The van der Waals surface area contributed by atoms with E-state index in [2.05, 4.69) is 15.6 Å². The summed E-state index contributed by atoms with van der Waals surface area (Å²) >= 11 is 0. The van der Waals surface area contributed by atoms with Gasteiger partial charge in [-0.3, -0.25) is 5.84 Å². The molecule has 0 spiro atoms. The average molecular weight is 290 g/mol. The SMILES string of the molecule is CCc1nnc(C)cc1C(NN)c1cccc(OC)c1F. The Kier molecular flexibility index (Phi) is 4.82. The van der Waals surface area contributed by atoms with E-state index < -0.39 is 11.9 Å². The second-order valence-electron chi connectivity index (χ2n) is 4.70. The summed E-state index contributed by atoms with van der Waals surface area (Å²) in [6.45, 7) is 3.81. The standard InChI is InChI=1S/C15H19FN4O/c1-4-12-11(8-9(2)19-20-12)15(18-17)10-6-5-7-13(21-3)14(10)16/h5-8,15,18H,4,17H2,1-3H3. The number of aromatic nitrogens is 2. The molecule has 0 saturated heterocycles. The smallest absolute Gasteiger partial charge is 0.170 e. The minimum Gasteiger partial charge on any atom is -0.494 e. The molecule has 112 valence electrons. The van der Waals surface area contributed by atoms with Gasteiger partial charge in [-0.15, -0.1) is 0 Å². The Balaban J connectivity index is 2.57. The lowest BCUT2D eigenvalue weighted by molar-refractivity contribution is 0.381. The minimum atomic E-state index is -0.510. The van der Waals surface area contributed by atoms with Gasteiger partial charge in [-0.25, -0.2) is 9.82 Å². The molecule has 6 heteroatoms. The summed E-state index contributed by atoms with van der Waals surface area (Å²) in [6, 6.07) is 6.34. The predicted molar refractivity (Wildman–Crippen MR) is 78.3 cm³/mol. The minimum absolute atomic E-state index is 0.185. The summed E-state index contributed by atoms with van der Waals surface area (Å²) in [7, 11) is 1.43. The van der Waals surface area contributed by atoms with Crippen LogP contribution in [0.4, 0.5) is 4.39 Å². The van der Waals surface area contributed by atoms with Gasteiger partial charge in [-0.2, -0.15) is 10.2 Å². The van der Waals surface area contributed by atoms with E-state index in [9.17, 15) is 4.39 Å². The molecule has 0 aliphatic carbocycles. The molecule has 0 aliphatic heterocycles. The van der Waals surface area contributed by atoms with Crippen molar-refractivity contribution < 1.29 is 9.13 Å².